The Morgan fingerprint density at radius 1 is 0.489 bits per heavy atom. The fourth-order valence-electron chi connectivity index (χ4n) is 5.78. The Labute approximate surface area is 276 Å². The van der Waals surface area contributed by atoms with Gasteiger partial charge in [-0.05, 0) is 73.5 Å². The highest BCUT2D eigenvalue weighted by atomic mass is 32.3. The van der Waals surface area contributed by atoms with Crippen LogP contribution in [0.15, 0.2) is 84.9 Å². The second-order valence-electron chi connectivity index (χ2n) is 11.7. The molecule has 0 saturated carbocycles. The lowest BCUT2D eigenvalue weighted by molar-refractivity contribution is -0.646. The highest BCUT2D eigenvalue weighted by Gasteiger charge is 2.17. The number of aryl methyl sites for hydroxylation is 2. The molecule has 10 nitrogen and oxygen atoms in total. The van der Waals surface area contributed by atoms with E-state index in [0.717, 1.165) is 35.8 Å². The largest absolute Gasteiger partial charge is 0.759 e. The zero-order valence-corrected chi connectivity index (χ0v) is 27.8. The van der Waals surface area contributed by atoms with Gasteiger partial charge in [-0.3, -0.25) is 8.42 Å². The summed E-state index contributed by atoms with van der Waals surface area (Å²) in [4.78, 5) is 0. The first kappa shape index (κ1) is 35.1. The molecule has 0 unspecified atom stereocenters. The summed E-state index contributed by atoms with van der Waals surface area (Å²) < 4.78 is 38.8. The van der Waals surface area contributed by atoms with Crippen molar-refractivity contribution in [3.63, 3.8) is 0 Å². The van der Waals surface area contributed by atoms with Crippen LogP contribution in [-0.2, 0) is 23.5 Å². The van der Waals surface area contributed by atoms with Gasteiger partial charge in [-0.1, -0.05) is 26.7 Å². The molecule has 0 radical (unpaired) electrons. The molecule has 0 amide bonds. The van der Waals surface area contributed by atoms with Crippen LogP contribution in [0.3, 0.4) is 0 Å². The predicted octanol–water partition coefficient (Wildman–Crippen LogP) is 5.93. The van der Waals surface area contributed by atoms with Crippen LogP contribution in [0.5, 0.6) is 0 Å². The maximum Gasteiger partial charge on any atom is 0.215 e. The molecule has 6 aromatic rings. The van der Waals surface area contributed by atoms with E-state index in [1.807, 2.05) is 24.3 Å². The molecule has 2 heterocycles. The monoisotopic (exact) mass is 656 g/mol. The number of nitrogens with zero attached hydrogens (tertiary/aromatic N) is 2. The van der Waals surface area contributed by atoms with Gasteiger partial charge in [-0.2, -0.15) is 9.13 Å². The van der Waals surface area contributed by atoms with Crippen molar-refractivity contribution in [2.75, 3.05) is 22.9 Å². The molecule has 0 aliphatic carbocycles. The predicted molar refractivity (Wildman–Crippen MR) is 190 cm³/mol. The van der Waals surface area contributed by atoms with Crippen LogP contribution in [0.4, 0.5) is 22.7 Å². The lowest BCUT2D eigenvalue weighted by Crippen LogP contribution is -2.35. The van der Waals surface area contributed by atoms with Gasteiger partial charge in [0.1, 0.15) is 13.1 Å². The maximum absolute atomic E-state index is 8.52. The molecule has 0 saturated heterocycles. The van der Waals surface area contributed by atoms with Crippen molar-refractivity contribution >= 4 is 76.8 Å². The minimum atomic E-state index is -5.17. The van der Waals surface area contributed by atoms with E-state index in [1.54, 1.807) is 0 Å². The summed E-state index contributed by atoms with van der Waals surface area (Å²) in [5, 5.41) is 4.88. The van der Waals surface area contributed by atoms with Gasteiger partial charge in [0.2, 0.25) is 22.1 Å². The number of nitrogens with two attached hydrogens (primary N) is 4. The molecule has 0 aliphatic heterocycles. The molecule has 8 N–H and O–H groups in total. The number of aromatic nitrogens is 2. The van der Waals surface area contributed by atoms with Crippen molar-refractivity contribution in [3.8, 4) is 0 Å². The molecular weight excluding hydrogens is 613 g/mol. The first-order chi connectivity index (χ1) is 22.4. The third-order valence-electron chi connectivity index (χ3n) is 7.97. The molecule has 4 aromatic carbocycles. The summed E-state index contributed by atoms with van der Waals surface area (Å²) in [6, 6.07) is 28.9. The number of rotatable bonds is 8. The molecule has 0 atom stereocenters. The van der Waals surface area contributed by atoms with E-state index in [-0.39, 0.29) is 0 Å². The van der Waals surface area contributed by atoms with Crippen molar-refractivity contribution < 1.29 is 26.7 Å². The SMILES string of the molecule is CCCCC[n+]1c2cc(N)ccc2cc2ccc(N)cc21.CCCCC[n+]1c2cc(N)ccc2cc2ccc(N)cc21.O=S(=O)([O-])[O-]. The first-order valence-corrected chi connectivity index (χ1v) is 17.2. The molecule has 0 spiro atoms. The Kier molecular flexibility index (Phi) is 11.8. The molecule has 0 bridgehead atoms. The standard InChI is InChI=1S/2C18H21N3.H2O4S/c2*1-2-3-4-9-21-17-11-15(19)7-5-13(17)10-14-6-8-16(20)12-18(14)21;1-5(2,3)4/h2*5-8,10-12H,2-4,9H2,1H3,(H3,19,20);(H2,1,2,3,4). The fraction of sp³-hybridized carbons (Fsp3) is 0.278. The first-order valence-electron chi connectivity index (χ1n) is 15.9. The van der Waals surface area contributed by atoms with E-state index < -0.39 is 10.4 Å². The smallest absolute Gasteiger partial charge is 0.215 e. The van der Waals surface area contributed by atoms with Crippen LogP contribution in [0, 0.1) is 0 Å². The van der Waals surface area contributed by atoms with Gasteiger partial charge in [-0.25, -0.2) is 0 Å². The van der Waals surface area contributed by atoms with Crippen molar-refractivity contribution in [2.45, 2.75) is 65.5 Å². The van der Waals surface area contributed by atoms with Crippen LogP contribution in [0.25, 0.3) is 43.6 Å². The molecular formula is C36H44N6O4S. The van der Waals surface area contributed by atoms with Crippen molar-refractivity contribution in [1.82, 2.24) is 0 Å². The summed E-state index contributed by atoms with van der Waals surface area (Å²) in [6.45, 7) is 6.44. The number of fused-ring (bicyclic) bond motifs is 4. The van der Waals surface area contributed by atoms with Gasteiger partial charge in [0, 0.05) is 91.8 Å². The van der Waals surface area contributed by atoms with Crippen LogP contribution < -0.4 is 32.1 Å². The van der Waals surface area contributed by atoms with Crippen molar-refractivity contribution in [1.29, 1.82) is 0 Å². The highest BCUT2D eigenvalue weighted by molar-refractivity contribution is 7.79. The number of anilines is 4. The fourth-order valence-corrected chi connectivity index (χ4v) is 5.78. The number of hydrogen-bond donors (Lipinski definition) is 4. The lowest BCUT2D eigenvalue weighted by Gasteiger charge is -2.07. The molecule has 0 aliphatic rings. The minimum Gasteiger partial charge on any atom is -0.759 e. The number of benzene rings is 4. The lowest BCUT2D eigenvalue weighted by atomic mass is 10.1. The van der Waals surface area contributed by atoms with Gasteiger partial charge >= 0.3 is 0 Å². The Hall–Kier alpha value is -4.71. The molecule has 248 valence electrons. The topological polar surface area (TPSA) is 192 Å². The third-order valence-corrected chi connectivity index (χ3v) is 7.97. The highest BCUT2D eigenvalue weighted by Crippen LogP contribution is 2.24. The van der Waals surface area contributed by atoms with Crippen molar-refractivity contribution in [2.24, 2.45) is 0 Å². The summed E-state index contributed by atoms with van der Waals surface area (Å²) >= 11 is 0. The Bertz CT molecular complexity index is 1850. The zero-order valence-electron chi connectivity index (χ0n) is 27.0. The second kappa shape index (κ2) is 15.7. The zero-order chi connectivity index (χ0) is 34.1. The quantitative estimate of drug-likeness (QED) is 0.0386. The summed E-state index contributed by atoms with van der Waals surface area (Å²) in [6.07, 6.45) is 7.23. The summed E-state index contributed by atoms with van der Waals surface area (Å²) in [7, 11) is -5.17. The number of nitrogen functional groups attached to an aromatic ring is 4. The third kappa shape index (κ3) is 9.65. The van der Waals surface area contributed by atoms with Gasteiger partial charge < -0.3 is 32.0 Å². The van der Waals surface area contributed by atoms with E-state index in [4.69, 9.17) is 40.5 Å². The van der Waals surface area contributed by atoms with Crippen LogP contribution in [-0.4, -0.2) is 17.5 Å². The van der Waals surface area contributed by atoms with E-state index in [9.17, 15) is 0 Å². The Morgan fingerprint density at radius 2 is 0.745 bits per heavy atom. The summed E-state index contributed by atoms with van der Waals surface area (Å²) in [5.41, 5.74) is 31.9. The van der Waals surface area contributed by atoms with E-state index in [1.165, 1.54) is 82.1 Å². The van der Waals surface area contributed by atoms with Gasteiger partial charge in [0.25, 0.3) is 0 Å². The molecule has 11 heteroatoms. The number of hydrogen-bond acceptors (Lipinski definition) is 8. The van der Waals surface area contributed by atoms with Gasteiger partial charge in [-0.15, -0.1) is 0 Å². The van der Waals surface area contributed by atoms with Crippen LogP contribution in [0.2, 0.25) is 0 Å². The van der Waals surface area contributed by atoms with Crippen LogP contribution in [0.1, 0.15) is 52.4 Å². The summed E-state index contributed by atoms with van der Waals surface area (Å²) in [5.74, 6) is 0. The molecule has 6 rings (SSSR count). The minimum absolute atomic E-state index is 0.801. The Balaban J connectivity index is 0.000000186. The second-order valence-corrected chi connectivity index (χ2v) is 12.5. The number of unbranched alkanes of at least 4 members (excludes halogenated alkanes) is 4. The molecule has 0 fully saturated rings. The van der Waals surface area contributed by atoms with Gasteiger partial charge in [0.05, 0.1) is 0 Å². The van der Waals surface area contributed by atoms with Crippen LogP contribution >= 0.6 is 0 Å². The normalized spacial score (nSPS) is 11.3. The Morgan fingerprint density at radius 3 is 0.979 bits per heavy atom. The average molecular weight is 657 g/mol. The molecule has 47 heavy (non-hydrogen) atoms. The van der Waals surface area contributed by atoms with E-state index in [0.29, 0.717) is 0 Å². The molecule has 2 aromatic heterocycles. The maximum atomic E-state index is 8.52. The van der Waals surface area contributed by atoms with E-state index >= 15 is 0 Å². The van der Waals surface area contributed by atoms with Crippen molar-refractivity contribution in [3.05, 3.63) is 84.9 Å². The van der Waals surface area contributed by atoms with E-state index in [2.05, 4.69) is 83.6 Å². The number of pyridine rings is 2. The van der Waals surface area contributed by atoms with Gasteiger partial charge in [0.15, 0.2) is 0 Å². The average Bonchev–Trinajstić information content (AvgIpc) is 3.01.